The normalized spacial score (nSPS) is 12.2. The molecule has 0 radical (unpaired) electrons. The molecule has 34 heavy (non-hydrogen) atoms. The molecule has 2 heterocycles. The molecule has 0 unspecified atom stereocenters. The third-order valence-electron chi connectivity index (χ3n) is 6.98. The maximum Gasteiger partial charge on any atom is 0.0880 e. The number of pyridine rings is 1. The maximum atomic E-state index is 4.91. The Morgan fingerprint density at radius 2 is 1.62 bits per heavy atom. The Morgan fingerprint density at radius 1 is 0.853 bits per heavy atom. The fourth-order valence-corrected chi connectivity index (χ4v) is 6.35. The zero-order valence-corrected chi connectivity index (χ0v) is 22.1. The first kappa shape index (κ1) is 22.8. The number of hydrogen-bond donors (Lipinski definition) is 0. The van der Waals surface area contributed by atoms with E-state index in [1.165, 1.54) is 59.1 Å². The minimum absolute atomic E-state index is 0.153. The van der Waals surface area contributed by atoms with Crippen molar-refractivity contribution in [3.63, 3.8) is 0 Å². The lowest BCUT2D eigenvalue weighted by atomic mass is 9.85. The van der Waals surface area contributed by atoms with Crippen molar-refractivity contribution in [2.24, 2.45) is 0 Å². The molecule has 0 bridgehead atoms. The van der Waals surface area contributed by atoms with Crippen LogP contribution in [-0.2, 0) is 5.41 Å². The predicted molar refractivity (Wildman–Crippen MR) is 150 cm³/mol. The van der Waals surface area contributed by atoms with E-state index in [2.05, 4.69) is 109 Å². The summed E-state index contributed by atoms with van der Waals surface area (Å²) in [5.74, 6) is 0.452. The highest BCUT2D eigenvalue weighted by molar-refractivity contribution is 7.23. The molecule has 172 valence electrons. The van der Waals surface area contributed by atoms with Gasteiger partial charge in [0, 0.05) is 16.6 Å². The summed E-state index contributed by atoms with van der Waals surface area (Å²) in [7, 11) is 0. The molecule has 0 saturated carbocycles. The van der Waals surface area contributed by atoms with Crippen LogP contribution < -0.4 is 0 Å². The van der Waals surface area contributed by atoms with E-state index in [4.69, 9.17) is 4.98 Å². The van der Waals surface area contributed by atoms with Gasteiger partial charge in [-0.3, -0.25) is 4.98 Å². The number of hydrogen-bond acceptors (Lipinski definition) is 2. The van der Waals surface area contributed by atoms with Gasteiger partial charge in [-0.25, -0.2) is 0 Å². The van der Waals surface area contributed by atoms with Crippen LogP contribution in [0.5, 0.6) is 0 Å². The molecule has 3 aromatic carbocycles. The third kappa shape index (κ3) is 3.84. The summed E-state index contributed by atoms with van der Waals surface area (Å²) in [6.45, 7) is 15.9. The molecule has 0 aliphatic heterocycles. The van der Waals surface area contributed by atoms with Gasteiger partial charge in [0.05, 0.1) is 10.4 Å². The van der Waals surface area contributed by atoms with Crippen LogP contribution in [0.1, 0.15) is 62.8 Å². The highest BCUT2D eigenvalue weighted by atomic mass is 32.1. The van der Waals surface area contributed by atoms with Gasteiger partial charge in [0.1, 0.15) is 0 Å². The molecule has 0 atom stereocenters. The first-order valence-electron chi connectivity index (χ1n) is 12.2. The summed E-state index contributed by atoms with van der Waals surface area (Å²) in [6.07, 6.45) is 1.97. The molecule has 0 aliphatic rings. The van der Waals surface area contributed by atoms with E-state index >= 15 is 0 Å². The molecule has 2 aromatic heterocycles. The minimum Gasteiger partial charge on any atom is -0.255 e. The third-order valence-corrected chi connectivity index (χ3v) is 8.33. The van der Waals surface area contributed by atoms with Gasteiger partial charge in [0.15, 0.2) is 0 Å². The SMILES string of the molecule is Cc1cc(C(C)(C)C)ccc1-c1sc2c(-c3cc(C(C)C)c4ccccc4c3)nccc2c1C. The van der Waals surface area contributed by atoms with Gasteiger partial charge in [0.2, 0.25) is 0 Å². The second-order valence-electron chi connectivity index (χ2n) is 10.8. The fourth-order valence-electron chi connectivity index (χ4n) is 4.95. The van der Waals surface area contributed by atoms with Gasteiger partial charge < -0.3 is 0 Å². The standard InChI is InChI=1S/C32H33NS/c1-19(2)28-18-23(17-22-10-8-9-11-27(22)28)29-31-26(14-15-33-29)21(4)30(34-31)25-13-12-24(16-20(25)3)32(5,6)7/h8-19H,1-7H3. The highest BCUT2D eigenvalue weighted by Crippen LogP contribution is 2.44. The van der Waals surface area contributed by atoms with Crippen LogP contribution in [0.3, 0.4) is 0 Å². The van der Waals surface area contributed by atoms with E-state index in [0.29, 0.717) is 5.92 Å². The molecule has 0 N–H and O–H groups in total. The van der Waals surface area contributed by atoms with E-state index < -0.39 is 0 Å². The predicted octanol–water partition coefficient (Wildman–Crippen LogP) is 9.82. The molecular weight excluding hydrogens is 430 g/mol. The van der Waals surface area contributed by atoms with Gasteiger partial charge in [-0.15, -0.1) is 11.3 Å². The number of benzene rings is 3. The van der Waals surface area contributed by atoms with Crippen LogP contribution in [-0.4, -0.2) is 4.98 Å². The Hall–Kier alpha value is -2.97. The topological polar surface area (TPSA) is 12.9 Å². The molecular formula is C32H33NS. The smallest absolute Gasteiger partial charge is 0.0880 e. The largest absolute Gasteiger partial charge is 0.255 e. The number of fused-ring (bicyclic) bond motifs is 2. The van der Waals surface area contributed by atoms with Crippen LogP contribution in [0.4, 0.5) is 0 Å². The number of aryl methyl sites for hydroxylation is 2. The van der Waals surface area contributed by atoms with Crippen molar-refractivity contribution in [2.75, 3.05) is 0 Å². The quantitative estimate of drug-likeness (QED) is 0.259. The Bertz CT molecular complexity index is 1530. The van der Waals surface area contributed by atoms with Crippen molar-refractivity contribution in [3.8, 4) is 21.7 Å². The average molecular weight is 464 g/mol. The number of thiophene rings is 1. The van der Waals surface area contributed by atoms with Gasteiger partial charge >= 0.3 is 0 Å². The monoisotopic (exact) mass is 463 g/mol. The van der Waals surface area contributed by atoms with Crippen LogP contribution in [0, 0.1) is 13.8 Å². The Morgan fingerprint density at radius 3 is 2.32 bits per heavy atom. The van der Waals surface area contributed by atoms with Gasteiger partial charge in [-0.1, -0.05) is 77.1 Å². The minimum atomic E-state index is 0.153. The molecule has 5 aromatic rings. The van der Waals surface area contributed by atoms with E-state index in [9.17, 15) is 0 Å². The van der Waals surface area contributed by atoms with Gasteiger partial charge in [-0.2, -0.15) is 0 Å². The van der Waals surface area contributed by atoms with Crippen molar-refractivity contribution in [1.29, 1.82) is 0 Å². The van der Waals surface area contributed by atoms with Crippen molar-refractivity contribution in [2.45, 2.75) is 59.8 Å². The Labute approximate surface area is 207 Å². The number of rotatable bonds is 3. The molecule has 0 spiro atoms. The zero-order valence-electron chi connectivity index (χ0n) is 21.3. The lowest BCUT2D eigenvalue weighted by Gasteiger charge is -2.20. The average Bonchev–Trinajstić information content (AvgIpc) is 3.14. The molecule has 5 rings (SSSR count). The number of nitrogens with zero attached hydrogens (tertiary/aromatic N) is 1. The summed E-state index contributed by atoms with van der Waals surface area (Å²) in [6, 6.07) is 22.5. The number of aromatic nitrogens is 1. The lowest BCUT2D eigenvalue weighted by Crippen LogP contribution is -2.11. The van der Waals surface area contributed by atoms with Crippen molar-refractivity contribution in [1.82, 2.24) is 4.98 Å². The second kappa shape index (κ2) is 8.36. The van der Waals surface area contributed by atoms with Crippen molar-refractivity contribution >= 4 is 32.2 Å². The maximum absolute atomic E-state index is 4.91. The fraction of sp³-hybridized carbons (Fsp3) is 0.281. The van der Waals surface area contributed by atoms with Crippen LogP contribution in [0.25, 0.3) is 42.6 Å². The van der Waals surface area contributed by atoms with E-state index in [1.807, 2.05) is 17.5 Å². The molecule has 0 aliphatic carbocycles. The molecule has 2 heteroatoms. The van der Waals surface area contributed by atoms with Gasteiger partial charge in [0.25, 0.3) is 0 Å². The van der Waals surface area contributed by atoms with Gasteiger partial charge in [-0.05, 0) is 87.4 Å². The summed E-state index contributed by atoms with van der Waals surface area (Å²) in [4.78, 5) is 6.27. The molecule has 0 amide bonds. The summed E-state index contributed by atoms with van der Waals surface area (Å²) in [5.41, 5.74) is 9.23. The van der Waals surface area contributed by atoms with E-state index in [0.717, 1.165) is 5.69 Å². The summed E-state index contributed by atoms with van der Waals surface area (Å²) in [5, 5.41) is 3.93. The lowest BCUT2D eigenvalue weighted by molar-refractivity contribution is 0.590. The first-order chi connectivity index (χ1) is 16.1. The molecule has 1 nitrogen and oxygen atoms in total. The zero-order chi connectivity index (χ0) is 24.2. The summed E-state index contributed by atoms with van der Waals surface area (Å²) < 4.78 is 1.28. The summed E-state index contributed by atoms with van der Waals surface area (Å²) >= 11 is 1.88. The van der Waals surface area contributed by atoms with E-state index in [-0.39, 0.29) is 5.41 Å². The van der Waals surface area contributed by atoms with Crippen molar-refractivity contribution in [3.05, 3.63) is 89.1 Å². The Kier molecular flexibility index (Phi) is 5.61. The molecule has 0 saturated heterocycles. The van der Waals surface area contributed by atoms with Crippen LogP contribution >= 0.6 is 11.3 Å². The first-order valence-corrected chi connectivity index (χ1v) is 13.0. The second-order valence-corrected chi connectivity index (χ2v) is 11.8. The van der Waals surface area contributed by atoms with E-state index in [1.54, 1.807) is 0 Å². The van der Waals surface area contributed by atoms with Crippen molar-refractivity contribution < 1.29 is 0 Å². The van der Waals surface area contributed by atoms with Crippen LogP contribution in [0.15, 0.2) is 66.9 Å². The van der Waals surface area contributed by atoms with Crippen LogP contribution in [0.2, 0.25) is 0 Å². The Balaban J connectivity index is 1.72. The molecule has 0 fully saturated rings. The highest BCUT2D eigenvalue weighted by Gasteiger charge is 2.19.